The van der Waals surface area contributed by atoms with Crippen molar-refractivity contribution in [1.29, 1.82) is 5.26 Å². The van der Waals surface area contributed by atoms with Crippen LogP contribution in [-0.2, 0) is 22.1 Å². The average molecular weight is 535 g/mol. The molecule has 0 bridgehead atoms. The molecule has 5 heterocycles. The molecular formula is C21H21F3N10O2S. The Morgan fingerprint density at radius 2 is 1.97 bits per heavy atom. The van der Waals surface area contributed by atoms with Crippen LogP contribution in [0.15, 0.2) is 43.0 Å². The highest BCUT2D eigenvalue weighted by atomic mass is 32.2. The first kappa shape index (κ1) is 24.7. The van der Waals surface area contributed by atoms with E-state index in [1.807, 2.05) is 0 Å². The third kappa shape index (κ3) is 4.74. The Hall–Kier alpha value is -3.97. The second-order valence-electron chi connectivity index (χ2n) is 8.68. The van der Waals surface area contributed by atoms with Crippen molar-refractivity contribution in [2.24, 2.45) is 0 Å². The zero-order chi connectivity index (χ0) is 26.4. The fourth-order valence-electron chi connectivity index (χ4n) is 4.19. The van der Waals surface area contributed by atoms with E-state index in [-0.39, 0.29) is 31.2 Å². The molecule has 0 aliphatic carbocycles. The molecule has 0 amide bonds. The summed E-state index contributed by atoms with van der Waals surface area (Å²) in [6, 6.07) is 7.41. The number of rotatable bonds is 8. The van der Waals surface area contributed by atoms with Gasteiger partial charge in [-0.2, -0.15) is 37.9 Å². The van der Waals surface area contributed by atoms with E-state index < -0.39 is 28.3 Å². The molecule has 1 saturated heterocycles. The topological polar surface area (TPSA) is 139 Å². The maximum absolute atomic E-state index is 12.6. The van der Waals surface area contributed by atoms with Crippen LogP contribution < -0.4 is 5.32 Å². The summed E-state index contributed by atoms with van der Waals surface area (Å²) >= 11 is 0. The number of nitriles is 1. The Morgan fingerprint density at radius 3 is 2.68 bits per heavy atom. The predicted octanol–water partition coefficient (Wildman–Crippen LogP) is 2.37. The van der Waals surface area contributed by atoms with Crippen LogP contribution >= 0.6 is 0 Å². The van der Waals surface area contributed by atoms with Crippen molar-refractivity contribution in [3.05, 3.63) is 43.0 Å². The maximum atomic E-state index is 12.6. The number of sulfonamides is 1. The minimum atomic E-state index is -4.39. The minimum absolute atomic E-state index is 0.0201. The van der Waals surface area contributed by atoms with Gasteiger partial charge in [0.25, 0.3) is 0 Å². The molecule has 12 nitrogen and oxygen atoms in total. The van der Waals surface area contributed by atoms with E-state index >= 15 is 0 Å². The fraction of sp³-hybridized carbons (Fsp3) is 0.381. The molecule has 4 aromatic rings. The normalized spacial score (nSPS) is 16.0. The molecule has 0 atom stereocenters. The number of aromatic nitrogens is 7. The van der Waals surface area contributed by atoms with Gasteiger partial charge in [-0.05, 0) is 19.1 Å². The summed E-state index contributed by atoms with van der Waals surface area (Å²) in [6.45, 7) is 0.669. The second kappa shape index (κ2) is 8.85. The lowest BCUT2D eigenvalue weighted by molar-refractivity contribution is -0.142. The molecule has 1 fully saturated rings. The number of alkyl halides is 3. The third-order valence-electron chi connectivity index (χ3n) is 6.06. The Morgan fingerprint density at radius 1 is 1.19 bits per heavy atom. The van der Waals surface area contributed by atoms with Gasteiger partial charge in [-0.25, -0.2) is 12.9 Å². The van der Waals surface area contributed by atoms with Gasteiger partial charge in [0.15, 0.2) is 5.65 Å². The van der Waals surface area contributed by atoms with E-state index in [1.165, 1.54) is 16.7 Å². The highest BCUT2D eigenvalue weighted by Gasteiger charge is 2.49. The average Bonchev–Trinajstić information content (AvgIpc) is 3.54. The molecule has 5 rings (SSSR count). The van der Waals surface area contributed by atoms with Gasteiger partial charge in [0.1, 0.15) is 12.1 Å². The van der Waals surface area contributed by atoms with E-state index in [0.29, 0.717) is 22.6 Å². The molecule has 1 aliphatic rings. The predicted molar refractivity (Wildman–Crippen MR) is 125 cm³/mol. The van der Waals surface area contributed by atoms with Crippen LogP contribution in [0.5, 0.6) is 0 Å². The summed E-state index contributed by atoms with van der Waals surface area (Å²) in [5.41, 5.74) is 1.29. The van der Waals surface area contributed by atoms with Crippen LogP contribution in [0.3, 0.4) is 0 Å². The lowest BCUT2D eigenvalue weighted by Crippen LogP contribution is -2.64. The zero-order valence-electron chi connectivity index (χ0n) is 19.5. The van der Waals surface area contributed by atoms with Crippen molar-refractivity contribution in [2.75, 3.05) is 24.2 Å². The second-order valence-corrected chi connectivity index (χ2v) is 10.9. The van der Waals surface area contributed by atoms with Gasteiger partial charge >= 0.3 is 6.18 Å². The molecule has 16 heteroatoms. The summed E-state index contributed by atoms with van der Waals surface area (Å²) in [4.78, 5) is 4.37. The summed E-state index contributed by atoms with van der Waals surface area (Å²) in [5.74, 6) is 0.139. The molecule has 1 aliphatic heterocycles. The van der Waals surface area contributed by atoms with Crippen molar-refractivity contribution in [1.82, 2.24) is 38.5 Å². The molecule has 4 aromatic heterocycles. The van der Waals surface area contributed by atoms with E-state index in [0.717, 1.165) is 4.68 Å². The van der Waals surface area contributed by atoms with Gasteiger partial charge < -0.3 is 5.32 Å². The summed E-state index contributed by atoms with van der Waals surface area (Å²) < 4.78 is 67.5. The van der Waals surface area contributed by atoms with Crippen molar-refractivity contribution in [3.8, 4) is 17.3 Å². The summed E-state index contributed by atoms with van der Waals surface area (Å²) in [7, 11) is -3.37. The van der Waals surface area contributed by atoms with Gasteiger partial charge in [0, 0.05) is 31.0 Å². The lowest BCUT2D eigenvalue weighted by atomic mass is 9.89. The Kier molecular flexibility index (Phi) is 5.91. The standard InChI is InChI=1S/C21H21F3N10O2S/c1-2-37(35,36)32-12-20(13-32,6-7-25)33-10-15(8-27-33)17-4-3-5-18-29-19(30-34(17)18)28-16-9-26-31(11-16)14-21(22,23)24/h3-5,8-11H,2,6,12-14H2,1H3,(H,28,30). The van der Waals surface area contributed by atoms with Crippen LogP contribution in [-0.4, -0.2) is 71.9 Å². The maximum Gasteiger partial charge on any atom is 0.408 e. The van der Waals surface area contributed by atoms with Crippen molar-refractivity contribution in [3.63, 3.8) is 0 Å². The number of hydrogen-bond acceptors (Lipinski definition) is 8. The van der Waals surface area contributed by atoms with Crippen LogP contribution in [0.2, 0.25) is 0 Å². The summed E-state index contributed by atoms with van der Waals surface area (Å²) in [6.07, 6.45) is 1.49. The molecule has 0 saturated carbocycles. The van der Waals surface area contributed by atoms with Crippen LogP contribution in [0.4, 0.5) is 24.8 Å². The van der Waals surface area contributed by atoms with E-state index in [9.17, 15) is 26.9 Å². The SMILES string of the molecule is CCS(=O)(=O)N1CC(CC#N)(n2cc(-c3cccc4nc(Nc5cnn(CC(F)(F)F)c5)nn34)cn2)C1. The summed E-state index contributed by atoms with van der Waals surface area (Å²) in [5, 5.41) is 24.8. The Labute approximate surface area is 209 Å². The van der Waals surface area contributed by atoms with Crippen LogP contribution in [0.1, 0.15) is 13.3 Å². The highest BCUT2D eigenvalue weighted by Crippen LogP contribution is 2.35. The minimum Gasteiger partial charge on any atom is -0.320 e. The Balaban J connectivity index is 1.40. The number of pyridine rings is 1. The fourth-order valence-corrected chi connectivity index (χ4v) is 5.43. The highest BCUT2D eigenvalue weighted by molar-refractivity contribution is 7.89. The van der Waals surface area contributed by atoms with Gasteiger partial charge in [-0.3, -0.25) is 9.36 Å². The van der Waals surface area contributed by atoms with Gasteiger partial charge in [0.2, 0.25) is 16.0 Å². The molecule has 0 spiro atoms. The number of fused-ring (bicyclic) bond motifs is 1. The van der Waals surface area contributed by atoms with Crippen LogP contribution in [0, 0.1) is 11.3 Å². The number of halogens is 3. The quantitative estimate of drug-likeness (QED) is 0.364. The smallest absolute Gasteiger partial charge is 0.320 e. The van der Waals surface area contributed by atoms with Gasteiger partial charge in [-0.1, -0.05) is 6.07 Å². The van der Waals surface area contributed by atoms with E-state index in [1.54, 1.807) is 46.7 Å². The zero-order valence-corrected chi connectivity index (χ0v) is 20.3. The molecular weight excluding hydrogens is 513 g/mol. The Bertz CT molecular complexity index is 1590. The third-order valence-corrected chi connectivity index (χ3v) is 7.84. The lowest BCUT2D eigenvalue weighted by Gasteiger charge is -2.47. The van der Waals surface area contributed by atoms with Crippen molar-refractivity contribution < 1.29 is 21.6 Å². The van der Waals surface area contributed by atoms with Gasteiger partial charge in [-0.15, -0.1) is 5.10 Å². The largest absolute Gasteiger partial charge is 0.408 e. The van der Waals surface area contributed by atoms with Crippen LogP contribution in [0.25, 0.3) is 16.9 Å². The first-order valence-electron chi connectivity index (χ1n) is 11.1. The number of hydrogen-bond donors (Lipinski definition) is 1. The molecule has 37 heavy (non-hydrogen) atoms. The molecule has 0 unspecified atom stereocenters. The number of anilines is 2. The van der Waals surface area contributed by atoms with Crippen molar-refractivity contribution in [2.45, 2.75) is 31.6 Å². The van der Waals surface area contributed by atoms with Gasteiger partial charge in [0.05, 0.1) is 42.0 Å². The van der Waals surface area contributed by atoms with E-state index in [4.69, 9.17) is 0 Å². The van der Waals surface area contributed by atoms with Crippen molar-refractivity contribution >= 4 is 27.3 Å². The number of nitrogens with one attached hydrogen (secondary N) is 1. The molecule has 0 aromatic carbocycles. The number of nitrogens with zero attached hydrogens (tertiary/aromatic N) is 9. The monoisotopic (exact) mass is 534 g/mol. The molecule has 1 N–H and O–H groups in total. The van der Waals surface area contributed by atoms with E-state index in [2.05, 4.69) is 31.7 Å². The molecule has 0 radical (unpaired) electrons. The first-order chi connectivity index (χ1) is 17.5. The first-order valence-corrected chi connectivity index (χ1v) is 12.8. The molecule has 194 valence electrons.